The monoisotopic (exact) mass is 718 g/mol. The van der Waals surface area contributed by atoms with Crippen molar-refractivity contribution in [1.82, 2.24) is 29.0 Å². The Morgan fingerprint density at radius 2 is 1.59 bits per heavy atom. The predicted octanol–water partition coefficient (Wildman–Crippen LogP) is 3.50. The van der Waals surface area contributed by atoms with Crippen LogP contribution in [0.15, 0.2) is 83.8 Å². The van der Waals surface area contributed by atoms with Crippen molar-refractivity contribution in [1.29, 1.82) is 0 Å². The number of nitrogens with one attached hydrogen (secondary N) is 1. The molecule has 3 aromatic carbocycles. The molecule has 1 fully saturated rings. The van der Waals surface area contributed by atoms with E-state index in [1.54, 1.807) is 13.8 Å². The Hall–Kier alpha value is -4.79. The normalized spacial score (nSPS) is 15.7. The number of aryl methyl sites for hydroxylation is 1. The van der Waals surface area contributed by atoms with Gasteiger partial charge in [-0.3, -0.25) is 14.5 Å². The number of aromatic nitrogens is 2. The van der Waals surface area contributed by atoms with Crippen molar-refractivity contribution >= 4 is 38.9 Å². The molecule has 1 aliphatic heterocycles. The molecule has 0 bridgehead atoms. The van der Waals surface area contributed by atoms with Crippen LogP contribution in [0.4, 0.5) is 4.79 Å². The summed E-state index contributed by atoms with van der Waals surface area (Å²) in [6.07, 6.45) is -1.20. The average molecular weight is 719 g/mol. The molecule has 0 aliphatic carbocycles. The SMILES string of the molecule is CC(C)CN(C[C@H](O)[C@H](Cc1ccccc1)NC(=O)[C@H](C(C)C)N1CC(=O)N(Cc2nc3ccccc3n2C)C1=O)S(=O)(=O)c1ccc(O)cc1. The highest BCUT2D eigenvalue weighted by Crippen LogP contribution is 2.25. The van der Waals surface area contributed by atoms with Crippen LogP contribution in [0.25, 0.3) is 11.0 Å². The molecule has 13 nitrogen and oxygen atoms in total. The number of nitrogens with zero attached hydrogens (tertiary/aromatic N) is 5. The van der Waals surface area contributed by atoms with E-state index >= 15 is 0 Å². The molecule has 14 heteroatoms. The van der Waals surface area contributed by atoms with Crippen LogP contribution in [-0.2, 0) is 39.6 Å². The quantitative estimate of drug-likeness (QED) is 0.157. The maximum absolute atomic E-state index is 14.2. The fourth-order valence-corrected chi connectivity index (χ4v) is 8.04. The summed E-state index contributed by atoms with van der Waals surface area (Å²) in [7, 11) is -2.28. The Kier molecular flexibility index (Phi) is 11.5. The molecule has 272 valence electrons. The van der Waals surface area contributed by atoms with Crippen molar-refractivity contribution in [2.45, 2.75) is 63.7 Å². The van der Waals surface area contributed by atoms with Gasteiger partial charge in [0.25, 0.3) is 5.91 Å². The molecule has 1 aromatic heterocycles. The number of hydrogen-bond donors (Lipinski definition) is 3. The van der Waals surface area contributed by atoms with Crippen molar-refractivity contribution in [2.24, 2.45) is 18.9 Å². The molecule has 4 amide bonds. The molecule has 3 atom stereocenters. The third-order valence-corrected chi connectivity index (χ3v) is 10.9. The zero-order valence-corrected chi connectivity index (χ0v) is 30.3. The van der Waals surface area contributed by atoms with Gasteiger partial charge < -0.3 is 25.0 Å². The number of aliphatic hydroxyl groups excluding tert-OH is 1. The Morgan fingerprint density at radius 1 is 0.941 bits per heavy atom. The predicted molar refractivity (Wildman–Crippen MR) is 192 cm³/mol. The van der Waals surface area contributed by atoms with Gasteiger partial charge in [0, 0.05) is 20.1 Å². The summed E-state index contributed by atoms with van der Waals surface area (Å²) in [6, 6.07) is 19.2. The van der Waals surface area contributed by atoms with Gasteiger partial charge in [-0.2, -0.15) is 4.31 Å². The smallest absolute Gasteiger partial charge is 0.328 e. The number of hydrogen-bond acceptors (Lipinski definition) is 8. The van der Waals surface area contributed by atoms with E-state index < -0.39 is 52.0 Å². The molecule has 4 aromatic rings. The van der Waals surface area contributed by atoms with E-state index in [4.69, 9.17) is 0 Å². The summed E-state index contributed by atoms with van der Waals surface area (Å²) in [5.74, 6) is -1.12. The lowest BCUT2D eigenvalue weighted by molar-refractivity contribution is -0.129. The highest BCUT2D eigenvalue weighted by Gasteiger charge is 2.45. The third kappa shape index (κ3) is 8.41. The number of fused-ring (bicyclic) bond motifs is 1. The molecule has 0 spiro atoms. The van der Waals surface area contributed by atoms with E-state index in [-0.39, 0.29) is 49.2 Å². The van der Waals surface area contributed by atoms with Crippen molar-refractivity contribution in [3.05, 3.63) is 90.3 Å². The van der Waals surface area contributed by atoms with Gasteiger partial charge in [-0.1, -0.05) is 70.2 Å². The number of rotatable bonds is 15. The topological polar surface area (TPSA) is 165 Å². The molecule has 3 N–H and O–H groups in total. The molecule has 0 unspecified atom stereocenters. The largest absolute Gasteiger partial charge is 0.508 e. The number of benzene rings is 3. The van der Waals surface area contributed by atoms with Gasteiger partial charge in [0.2, 0.25) is 15.9 Å². The van der Waals surface area contributed by atoms with Crippen molar-refractivity contribution in [3.8, 4) is 5.75 Å². The first-order valence-electron chi connectivity index (χ1n) is 17.0. The Labute approximate surface area is 298 Å². The lowest BCUT2D eigenvalue weighted by Gasteiger charge is -2.34. The first-order chi connectivity index (χ1) is 24.2. The van der Waals surface area contributed by atoms with E-state index in [2.05, 4.69) is 10.3 Å². The number of sulfonamides is 1. The Bertz CT molecular complexity index is 1960. The number of amides is 4. The minimum absolute atomic E-state index is 0.0444. The molecular weight excluding hydrogens is 673 g/mol. The van der Waals surface area contributed by atoms with Crippen molar-refractivity contribution in [2.75, 3.05) is 19.6 Å². The summed E-state index contributed by atoms with van der Waals surface area (Å²) in [5, 5.41) is 24.4. The first kappa shape index (κ1) is 37.5. The molecule has 1 aliphatic rings. The van der Waals surface area contributed by atoms with Gasteiger partial charge in [0.05, 0.1) is 34.6 Å². The molecular formula is C37H46N6O7S. The third-order valence-electron chi connectivity index (χ3n) is 9.02. The highest BCUT2D eigenvalue weighted by atomic mass is 32.2. The van der Waals surface area contributed by atoms with Crippen LogP contribution in [0, 0.1) is 11.8 Å². The fourth-order valence-electron chi connectivity index (χ4n) is 6.42. The van der Waals surface area contributed by atoms with Gasteiger partial charge >= 0.3 is 6.03 Å². The van der Waals surface area contributed by atoms with Gasteiger partial charge in [-0.05, 0) is 60.2 Å². The number of phenols is 1. The van der Waals surface area contributed by atoms with Crippen molar-refractivity contribution < 1.29 is 33.0 Å². The van der Waals surface area contributed by atoms with Gasteiger partial charge in [-0.15, -0.1) is 0 Å². The van der Waals surface area contributed by atoms with E-state index in [1.807, 2.05) is 80.1 Å². The van der Waals surface area contributed by atoms with Crippen LogP contribution >= 0.6 is 0 Å². The number of imidazole rings is 1. The summed E-state index contributed by atoms with van der Waals surface area (Å²) < 4.78 is 30.5. The van der Waals surface area contributed by atoms with Gasteiger partial charge in [0.1, 0.15) is 24.2 Å². The molecule has 51 heavy (non-hydrogen) atoms. The Morgan fingerprint density at radius 3 is 2.22 bits per heavy atom. The minimum atomic E-state index is -4.10. The Balaban J connectivity index is 1.38. The maximum Gasteiger partial charge on any atom is 0.328 e. The second kappa shape index (κ2) is 15.6. The van der Waals surface area contributed by atoms with Gasteiger partial charge in [0.15, 0.2) is 0 Å². The molecule has 0 radical (unpaired) electrons. The number of urea groups is 1. The lowest BCUT2D eigenvalue weighted by atomic mass is 9.97. The number of carbonyl (C=O) groups excluding carboxylic acids is 3. The number of aliphatic hydroxyl groups is 1. The molecule has 2 heterocycles. The van der Waals surface area contributed by atoms with E-state index in [1.165, 1.54) is 33.5 Å². The van der Waals surface area contributed by atoms with Crippen LogP contribution in [0.3, 0.4) is 0 Å². The second-order valence-electron chi connectivity index (χ2n) is 13.7. The minimum Gasteiger partial charge on any atom is -0.508 e. The van der Waals surface area contributed by atoms with Crippen LogP contribution in [-0.4, -0.2) is 98.0 Å². The zero-order chi connectivity index (χ0) is 37.0. The second-order valence-corrected chi connectivity index (χ2v) is 15.7. The number of imide groups is 1. The van der Waals surface area contributed by atoms with E-state index in [0.29, 0.717) is 5.82 Å². The lowest BCUT2D eigenvalue weighted by Crippen LogP contribution is -2.57. The maximum atomic E-state index is 14.2. The highest BCUT2D eigenvalue weighted by molar-refractivity contribution is 7.89. The fraction of sp³-hybridized carbons (Fsp3) is 0.405. The zero-order valence-electron chi connectivity index (χ0n) is 29.5. The summed E-state index contributed by atoms with van der Waals surface area (Å²) >= 11 is 0. The van der Waals surface area contributed by atoms with Crippen LogP contribution in [0.2, 0.25) is 0 Å². The van der Waals surface area contributed by atoms with Crippen LogP contribution in [0.5, 0.6) is 5.75 Å². The molecule has 0 saturated carbocycles. The van der Waals surface area contributed by atoms with E-state index in [9.17, 15) is 33.0 Å². The summed E-state index contributed by atoms with van der Waals surface area (Å²) in [6.45, 7) is 6.64. The molecule has 5 rings (SSSR count). The number of phenolic OH excluding ortho intramolecular Hbond substituents is 1. The van der Waals surface area contributed by atoms with Gasteiger partial charge in [-0.25, -0.2) is 18.2 Å². The number of carbonyl (C=O) groups is 3. The standard InChI is InChI=1S/C37H46N6O7S/c1-24(2)20-41(51(49,50)28-17-15-27(44)16-18-28)21-32(45)30(19-26-11-7-6-8-12-26)39-36(47)35(25(3)4)43-23-34(46)42(37(43)48)22-33-38-29-13-9-10-14-31(29)40(33)5/h6-18,24-25,30,32,35,44-45H,19-23H2,1-5H3,(H,39,47)/t30-,32-,35-/m0/s1. The molecule has 1 saturated heterocycles. The van der Waals surface area contributed by atoms with Crippen molar-refractivity contribution in [3.63, 3.8) is 0 Å². The number of para-hydroxylation sites is 2. The number of aromatic hydroxyl groups is 1. The van der Waals surface area contributed by atoms with Crippen LogP contribution in [0.1, 0.15) is 39.1 Å². The van der Waals surface area contributed by atoms with Crippen LogP contribution < -0.4 is 5.32 Å². The summed E-state index contributed by atoms with van der Waals surface area (Å²) in [5.41, 5.74) is 2.38. The summed E-state index contributed by atoms with van der Waals surface area (Å²) in [4.78, 5) is 48.1. The average Bonchev–Trinajstić information content (AvgIpc) is 3.54. The first-order valence-corrected chi connectivity index (χ1v) is 18.4. The van der Waals surface area contributed by atoms with E-state index in [0.717, 1.165) is 21.5 Å².